The van der Waals surface area contributed by atoms with Gasteiger partial charge < -0.3 is 4.74 Å². The molecule has 0 aromatic carbocycles. The molecule has 0 N–H and O–H groups in total. The average Bonchev–Trinajstić information content (AvgIpc) is 2.69. The first-order chi connectivity index (χ1) is 7.65. The molecule has 16 heavy (non-hydrogen) atoms. The number of carbonyl (C=O) groups is 1. The predicted molar refractivity (Wildman–Crippen MR) is 58.6 cm³/mol. The molecule has 1 aromatic rings. The summed E-state index contributed by atoms with van der Waals surface area (Å²) in [5, 5.41) is 7.87. The third-order valence-electron chi connectivity index (χ3n) is 2.34. The molecule has 0 saturated carbocycles. The number of carbonyl (C=O) groups excluding carboxylic acids is 1. The van der Waals surface area contributed by atoms with Crippen LogP contribution in [0.5, 0.6) is 0 Å². The Morgan fingerprint density at radius 1 is 1.62 bits per heavy atom. The zero-order chi connectivity index (χ0) is 12.0. The first-order valence-electron chi connectivity index (χ1n) is 5.30. The maximum absolute atomic E-state index is 11.0. The molecular formula is C10H18N4O2. The van der Waals surface area contributed by atoms with E-state index in [1.807, 2.05) is 20.2 Å². The lowest BCUT2D eigenvalue weighted by Crippen LogP contribution is -2.26. The Bertz CT molecular complexity index is 337. The number of nitrogens with zero attached hydrogens (tertiary/aromatic N) is 4. The van der Waals surface area contributed by atoms with Crippen molar-refractivity contribution in [3.63, 3.8) is 0 Å². The zero-order valence-electron chi connectivity index (χ0n) is 10.0. The second-order valence-electron chi connectivity index (χ2n) is 3.58. The lowest BCUT2D eigenvalue weighted by Gasteiger charge is -2.17. The largest absolute Gasteiger partial charge is 0.469 e. The number of rotatable bonds is 6. The van der Waals surface area contributed by atoms with Gasteiger partial charge in [0.25, 0.3) is 0 Å². The van der Waals surface area contributed by atoms with E-state index in [0.717, 1.165) is 12.2 Å². The molecule has 0 atom stereocenters. The SMILES string of the molecule is CCN(CCC(=O)OC)Cc1cn(C)nn1. The second-order valence-corrected chi connectivity index (χ2v) is 3.58. The first kappa shape index (κ1) is 12.6. The number of ether oxygens (including phenoxy) is 1. The molecule has 0 saturated heterocycles. The Morgan fingerprint density at radius 3 is 2.88 bits per heavy atom. The normalized spacial score (nSPS) is 10.8. The van der Waals surface area contributed by atoms with Crippen LogP contribution in [0.3, 0.4) is 0 Å². The van der Waals surface area contributed by atoms with Gasteiger partial charge in [0, 0.05) is 26.3 Å². The molecule has 0 amide bonds. The summed E-state index contributed by atoms with van der Waals surface area (Å²) < 4.78 is 6.27. The standard InChI is InChI=1S/C10H18N4O2/c1-4-14(6-5-10(15)16-3)8-9-7-13(2)12-11-9/h7H,4-6,8H2,1-3H3. The molecule has 1 heterocycles. The summed E-state index contributed by atoms with van der Waals surface area (Å²) in [5.74, 6) is -0.183. The van der Waals surface area contributed by atoms with E-state index < -0.39 is 0 Å². The fraction of sp³-hybridized carbons (Fsp3) is 0.700. The summed E-state index contributed by atoms with van der Waals surface area (Å²) in [4.78, 5) is 13.1. The molecule has 1 aromatic heterocycles. The van der Waals surface area contributed by atoms with E-state index in [1.54, 1.807) is 4.68 Å². The third-order valence-corrected chi connectivity index (χ3v) is 2.34. The molecule has 0 aliphatic heterocycles. The molecule has 0 fully saturated rings. The van der Waals surface area contributed by atoms with Gasteiger partial charge in [0.05, 0.1) is 19.2 Å². The van der Waals surface area contributed by atoms with Gasteiger partial charge in [-0.05, 0) is 6.54 Å². The number of aryl methyl sites for hydroxylation is 1. The van der Waals surface area contributed by atoms with E-state index in [1.165, 1.54) is 7.11 Å². The van der Waals surface area contributed by atoms with Crippen molar-refractivity contribution < 1.29 is 9.53 Å². The predicted octanol–water partition coefficient (Wildman–Crippen LogP) is 0.200. The van der Waals surface area contributed by atoms with Gasteiger partial charge in [0.1, 0.15) is 0 Å². The Hall–Kier alpha value is -1.43. The van der Waals surface area contributed by atoms with Gasteiger partial charge in [-0.1, -0.05) is 12.1 Å². The van der Waals surface area contributed by atoms with Crippen molar-refractivity contribution >= 4 is 5.97 Å². The molecule has 90 valence electrons. The van der Waals surface area contributed by atoms with Crippen LogP contribution in [0.4, 0.5) is 0 Å². The van der Waals surface area contributed by atoms with Crippen LogP contribution in [0.15, 0.2) is 6.20 Å². The molecule has 1 rings (SSSR count). The lowest BCUT2D eigenvalue weighted by atomic mass is 10.3. The number of hydrogen-bond donors (Lipinski definition) is 0. The van der Waals surface area contributed by atoms with Gasteiger partial charge in [-0.3, -0.25) is 14.4 Å². The van der Waals surface area contributed by atoms with Gasteiger partial charge in [-0.25, -0.2) is 0 Å². The highest BCUT2D eigenvalue weighted by Gasteiger charge is 2.09. The van der Waals surface area contributed by atoms with Crippen LogP contribution in [0, 0.1) is 0 Å². The minimum atomic E-state index is -0.183. The topological polar surface area (TPSA) is 60.2 Å². The molecule has 0 bridgehead atoms. The Kier molecular flexibility index (Phi) is 4.91. The van der Waals surface area contributed by atoms with Crippen molar-refractivity contribution in [1.82, 2.24) is 19.9 Å². The third kappa shape index (κ3) is 3.98. The number of aromatic nitrogens is 3. The molecule has 0 aliphatic carbocycles. The first-order valence-corrected chi connectivity index (χ1v) is 5.30. The molecular weight excluding hydrogens is 208 g/mol. The quantitative estimate of drug-likeness (QED) is 0.648. The Morgan fingerprint density at radius 2 is 2.38 bits per heavy atom. The molecule has 0 spiro atoms. The molecule has 6 nitrogen and oxygen atoms in total. The Balaban J connectivity index is 2.40. The van der Waals surface area contributed by atoms with Gasteiger partial charge in [0.2, 0.25) is 0 Å². The maximum atomic E-state index is 11.0. The van der Waals surface area contributed by atoms with Crippen molar-refractivity contribution in [3.8, 4) is 0 Å². The van der Waals surface area contributed by atoms with Crippen molar-refractivity contribution in [2.75, 3.05) is 20.2 Å². The summed E-state index contributed by atoms with van der Waals surface area (Å²) in [7, 11) is 3.24. The molecule has 6 heteroatoms. The van der Waals surface area contributed by atoms with E-state index in [0.29, 0.717) is 19.5 Å². The van der Waals surface area contributed by atoms with Gasteiger partial charge in [-0.2, -0.15) is 0 Å². The van der Waals surface area contributed by atoms with E-state index in [4.69, 9.17) is 0 Å². The monoisotopic (exact) mass is 226 g/mol. The lowest BCUT2D eigenvalue weighted by molar-refractivity contribution is -0.141. The van der Waals surface area contributed by atoms with E-state index in [2.05, 4.69) is 19.9 Å². The van der Waals surface area contributed by atoms with Crippen molar-refractivity contribution in [2.45, 2.75) is 19.9 Å². The van der Waals surface area contributed by atoms with Crippen molar-refractivity contribution in [3.05, 3.63) is 11.9 Å². The number of methoxy groups -OCH3 is 1. The summed E-state index contributed by atoms with van der Waals surface area (Å²) >= 11 is 0. The van der Waals surface area contributed by atoms with Gasteiger partial charge in [0.15, 0.2) is 0 Å². The van der Waals surface area contributed by atoms with E-state index >= 15 is 0 Å². The van der Waals surface area contributed by atoms with Crippen LogP contribution in [-0.4, -0.2) is 46.1 Å². The van der Waals surface area contributed by atoms with Crippen LogP contribution < -0.4 is 0 Å². The fourth-order valence-electron chi connectivity index (χ4n) is 1.40. The smallest absolute Gasteiger partial charge is 0.306 e. The molecule has 0 radical (unpaired) electrons. The van der Waals surface area contributed by atoms with Crippen LogP contribution in [0.25, 0.3) is 0 Å². The summed E-state index contributed by atoms with van der Waals surface area (Å²) in [6, 6.07) is 0. The summed E-state index contributed by atoms with van der Waals surface area (Å²) in [5.41, 5.74) is 0.911. The van der Waals surface area contributed by atoms with E-state index in [-0.39, 0.29) is 5.97 Å². The van der Waals surface area contributed by atoms with Crippen LogP contribution >= 0.6 is 0 Å². The maximum Gasteiger partial charge on any atom is 0.306 e. The minimum Gasteiger partial charge on any atom is -0.469 e. The zero-order valence-corrected chi connectivity index (χ0v) is 10.0. The minimum absolute atomic E-state index is 0.183. The fourth-order valence-corrected chi connectivity index (χ4v) is 1.40. The number of esters is 1. The van der Waals surface area contributed by atoms with E-state index in [9.17, 15) is 4.79 Å². The van der Waals surface area contributed by atoms with Crippen molar-refractivity contribution in [1.29, 1.82) is 0 Å². The highest BCUT2D eigenvalue weighted by molar-refractivity contribution is 5.69. The average molecular weight is 226 g/mol. The molecule has 0 unspecified atom stereocenters. The molecule has 0 aliphatic rings. The van der Waals surface area contributed by atoms with Crippen LogP contribution in [-0.2, 0) is 23.1 Å². The van der Waals surface area contributed by atoms with Crippen molar-refractivity contribution in [2.24, 2.45) is 7.05 Å². The Labute approximate surface area is 95.2 Å². The second kappa shape index (κ2) is 6.22. The highest BCUT2D eigenvalue weighted by Crippen LogP contribution is 2.01. The highest BCUT2D eigenvalue weighted by atomic mass is 16.5. The van der Waals surface area contributed by atoms with Crippen LogP contribution in [0.2, 0.25) is 0 Å². The number of hydrogen-bond acceptors (Lipinski definition) is 5. The summed E-state index contributed by atoms with van der Waals surface area (Å²) in [6.07, 6.45) is 2.28. The van der Waals surface area contributed by atoms with Crippen LogP contribution in [0.1, 0.15) is 19.0 Å². The summed E-state index contributed by atoms with van der Waals surface area (Å²) in [6.45, 7) is 4.31. The van der Waals surface area contributed by atoms with Gasteiger partial charge in [-0.15, -0.1) is 5.10 Å². The van der Waals surface area contributed by atoms with Gasteiger partial charge >= 0.3 is 5.97 Å².